The second-order valence-electron chi connectivity index (χ2n) is 6.03. The summed E-state index contributed by atoms with van der Waals surface area (Å²) in [5.41, 5.74) is 1.00. The first kappa shape index (κ1) is 18.9. The first-order chi connectivity index (χ1) is 12.8. The number of thiophene rings is 1. The van der Waals surface area contributed by atoms with E-state index in [9.17, 15) is 9.59 Å². The van der Waals surface area contributed by atoms with E-state index in [1.165, 1.54) is 25.6 Å². The number of aromatic nitrogens is 2. The van der Waals surface area contributed by atoms with Crippen molar-refractivity contribution in [2.75, 3.05) is 14.2 Å². The molecule has 0 saturated heterocycles. The van der Waals surface area contributed by atoms with E-state index in [2.05, 4.69) is 9.97 Å². The number of carbonyl (C=O) groups excluding carboxylic acids is 1. The SMILES string of the molecule is COc1ccc(C(=O)O[C@@H](C)c2nc3sc(C)c(C)c3c(=O)[nH]2)cc1OC. The molecule has 1 aromatic carbocycles. The number of rotatable bonds is 5. The van der Waals surface area contributed by atoms with Crippen LogP contribution < -0.4 is 15.0 Å². The van der Waals surface area contributed by atoms with Crippen molar-refractivity contribution in [3.8, 4) is 11.5 Å². The number of hydrogen-bond donors (Lipinski definition) is 1. The molecule has 0 saturated carbocycles. The van der Waals surface area contributed by atoms with Gasteiger partial charge in [0.25, 0.3) is 5.56 Å². The van der Waals surface area contributed by atoms with Gasteiger partial charge in [-0.15, -0.1) is 11.3 Å². The number of carbonyl (C=O) groups is 1. The maximum Gasteiger partial charge on any atom is 0.338 e. The zero-order chi connectivity index (χ0) is 19.7. The Kier molecular flexibility index (Phi) is 5.18. The van der Waals surface area contributed by atoms with Crippen LogP contribution in [0, 0.1) is 13.8 Å². The number of ether oxygens (including phenoxy) is 3. The normalized spacial score (nSPS) is 12.0. The van der Waals surface area contributed by atoms with Crippen molar-refractivity contribution in [2.24, 2.45) is 0 Å². The van der Waals surface area contributed by atoms with Crippen molar-refractivity contribution in [3.63, 3.8) is 0 Å². The van der Waals surface area contributed by atoms with Crippen LogP contribution in [0.2, 0.25) is 0 Å². The van der Waals surface area contributed by atoms with Crippen LogP contribution in [0.15, 0.2) is 23.0 Å². The molecule has 7 nitrogen and oxygen atoms in total. The Hall–Kier alpha value is -2.87. The second kappa shape index (κ2) is 7.40. The van der Waals surface area contributed by atoms with Gasteiger partial charge in [0.05, 0.1) is 25.2 Å². The summed E-state index contributed by atoms with van der Waals surface area (Å²) in [6, 6.07) is 4.75. The minimum Gasteiger partial charge on any atom is -0.493 e. The summed E-state index contributed by atoms with van der Waals surface area (Å²) in [7, 11) is 3.01. The fraction of sp³-hybridized carbons (Fsp3) is 0.316. The van der Waals surface area contributed by atoms with E-state index in [0.29, 0.717) is 33.1 Å². The predicted molar refractivity (Wildman–Crippen MR) is 103 cm³/mol. The third-order valence-corrected chi connectivity index (χ3v) is 5.45. The number of aromatic amines is 1. The molecular formula is C19H20N2O5S. The van der Waals surface area contributed by atoms with Crippen LogP contribution >= 0.6 is 11.3 Å². The molecule has 0 aliphatic rings. The van der Waals surface area contributed by atoms with Gasteiger partial charge < -0.3 is 19.2 Å². The summed E-state index contributed by atoms with van der Waals surface area (Å²) in [6.07, 6.45) is -0.717. The molecule has 2 aromatic heterocycles. The number of aryl methyl sites for hydroxylation is 2. The van der Waals surface area contributed by atoms with Crippen molar-refractivity contribution in [1.82, 2.24) is 9.97 Å². The van der Waals surface area contributed by atoms with Gasteiger partial charge in [0.1, 0.15) is 4.83 Å². The third-order valence-electron chi connectivity index (χ3n) is 4.35. The Balaban J connectivity index is 1.87. The Morgan fingerprint density at radius 1 is 1.19 bits per heavy atom. The van der Waals surface area contributed by atoms with Gasteiger partial charge in [0, 0.05) is 4.88 Å². The van der Waals surface area contributed by atoms with Crippen LogP contribution in [0.5, 0.6) is 11.5 Å². The highest BCUT2D eigenvalue weighted by molar-refractivity contribution is 7.18. The number of methoxy groups -OCH3 is 2. The molecule has 1 N–H and O–H groups in total. The Morgan fingerprint density at radius 2 is 1.89 bits per heavy atom. The average molecular weight is 388 g/mol. The molecule has 0 fully saturated rings. The standard InChI is InChI=1S/C19H20N2O5S/c1-9-11(3)27-18-15(9)17(22)20-16(21-18)10(2)26-19(23)12-6-7-13(24-4)14(8-12)25-5/h6-8,10H,1-5H3,(H,20,21,22)/t10-/m0/s1. The number of H-pyrrole nitrogens is 1. The molecule has 0 spiro atoms. The zero-order valence-corrected chi connectivity index (χ0v) is 16.5. The Labute approximate surface area is 159 Å². The molecule has 142 valence electrons. The summed E-state index contributed by atoms with van der Waals surface area (Å²) < 4.78 is 15.8. The Bertz CT molecular complexity index is 1070. The number of benzene rings is 1. The van der Waals surface area contributed by atoms with E-state index >= 15 is 0 Å². The maximum atomic E-state index is 12.5. The average Bonchev–Trinajstić information content (AvgIpc) is 2.95. The van der Waals surface area contributed by atoms with Gasteiger partial charge in [-0.3, -0.25) is 4.79 Å². The van der Waals surface area contributed by atoms with Gasteiger partial charge in [0.2, 0.25) is 0 Å². The summed E-state index contributed by atoms with van der Waals surface area (Å²) in [4.78, 5) is 33.7. The van der Waals surface area contributed by atoms with Gasteiger partial charge in [-0.2, -0.15) is 0 Å². The van der Waals surface area contributed by atoms with E-state index in [1.807, 2.05) is 13.8 Å². The van der Waals surface area contributed by atoms with E-state index < -0.39 is 12.1 Å². The first-order valence-corrected chi connectivity index (χ1v) is 9.10. The quantitative estimate of drug-likeness (QED) is 0.673. The predicted octanol–water partition coefficient (Wildman–Crippen LogP) is 3.54. The molecule has 3 rings (SSSR count). The largest absolute Gasteiger partial charge is 0.493 e. The first-order valence-electron chi connectivity index (χ1n) is 8.28. The van der Waals surface area contributed by atoms with Gasteiger partial charge in [-0.05, 0) is 44.5 Å². The lowest BCUT2D eigenvalue weighted by atomic mass is 10.2. The molecule has 0 radical (unpaired) electrons. The molecule has 0 bridgehead atoms. The van der Waals surface area contributed by atoms with E-state index in [4.69, 9.17) is 14.2 Å². The molecule has 0 aliphatic heterocycles. The summed E-state index contributed by atoms with van der Waals surface area (Å²) >= 11 is 1.45. The van der Waals surface area contributed by atoms with Crippen molar-refractivity contribution in [3.05, 3.63) is 50.4 Å². The van der Waals surface area contributed by atoms with E-state index in [0.717, 1.165) is 10.4 Å². The lowest BCUT2D eigenvalue weighted by Crippen LogP contribution is -2.17. The van der Waals surface area contributed by atoms with E-state index in [-0.39, 0.29) is 5.56 Å². The molecule has 2 heterocycles. The van der Waals surface area contributed by atoms with Gasteiger partial charge in [-0.25, -0.2) is 9.78 Å². The molecule has 27 heavy (non-hydrogen) atoms. The van der Waals surface area contributed by atoms with Crippen molar-refractivity contribution in [1.29, 1.82) is 0 Å². The molecular weight excluding hydrogens is 368 g/mol. The van der Waals surface area contributed by atoms with Crippen LogP contribution in [0.1, 0.15) is 39.7 Å². The van der Waals surface area contributed by atoms with Crippen molar-refractivity contribution < 1.29 is 19.0 Å². The third kappa shape index (κ3) is 3.52. The molecule has 0 unspecified atom stereocenters. The highest BCUT2D eigenvalue weighted by Crippen LogP contribution is 2.29. The smallest absolute Gasteiger partial charge is 0.338 e. The zero-order valence-electron chi connectivity index (χ0n) is 15.7. The van der Waals surface area contributed by atoms with Gasteiger partial charge in [-0.1, -0.05) is 0 Å². The number of esters is 1. The number of nitrogens with one attached hydrogen (secondary N) is 1. The van der Waals surface area contributed by atoms with E-state index in [1.54, 1.807) is 25.1 Å². The number of fused-ring (bicyclic) bond motifs is 1. The van der Waals surface area contributed by atoms with Gasteiger partial charge in [0.15, 0.2) is 23.4 Å². The lowest BCUT2D eigenvalue weighted by molar-refractivity contribution is 0.0319. The van der Waals surface area contributed by atoms with Crippen LogP contribution in [0.25, 0.3) is 10.2 Å². The topological polar surface area (TPSA) is 90.5 Å². The Morgan fingerprint density at radius 3 is 2.56 bits per heavy atom. The summed E-state index contributed by atoms with van der Waals surface area (Å²) in [5, 5.41) is 0.583. The van der Waals surface area contributed by atoms with Crippen molar-refractivity contribution >= 4 is 27.5 Å². The lowest BCUT2D eigenvalue weighted by Gasteiger charge is -2.14. The number of nitrogens with zero attached hydrogens (tertiary/aromatic N) is 1. The molecule has 0 amide bonds. The molecule has 3 aromatic rings. The molecule has 8 heteroatoms. The fourth-order valence-electron chi connectivity index (χ4n) is 2.71. The summed E-state index contributed by atoms with van der Waals surface area (Å²) in [5.74, 6) is 0.700. The minimum absolute atomic E-state index is 0.231. The van der Waals surface area contributed by atoms with Crippen LogP contribution in [0.4, 0.5) is 0 Å². The minimum atomic E-state index is -0.717. The summed E-state index contributed by atoms with van der Waals surface area (Å²) in [6.45, 7) is 5.50. The number of hydrogen-bond acceptors (Lipinski definition) is 7. The van der Waals surface area contributed by atoms with Crippen LogP contribution in [-0.4, -0.2) is 30.2 Å². The highest BCUT2D eigenvalue weighted by Gasteiger charge is 2.20. The molecule has 1 atom stereocenters. The highest BCUT2D eigenvalue weighted by atomic mass is 32.1. The van der Waals surface area contributed by atoms with Crippen molar-refractivity contribution in [2.45, 2.75) is 26.9 Å². The monoisotopic (exact) mass is 388 g/mol. The fourth-order valence-corrected chi connectivity index (χ4v) is 3.75. The second-order valence-corrected chi connectivity index (χ2v) is 7.24. The van der Waals surface area contributed by atoms with Gasteiger partial charge >= 0.3 is 5.97 Å². The molecule has 0 aliphatic carbocycles. The van der Waals surface area contributed by atoms with Crippen LogP contribution in [0.3, 0.4) is 0 Å². The maximum absolute atomic E-state index is 12.5. The van der Waals surface area contributed by atoms with Crippen LogP contribution in [-0.2, 0) is 4.74 Å².